The van der Waals surface area contributed by atoms with Crippen LogP contribution in [0.4, 0.5) is 11.6 Å². The molecule has 5 heteroatoms. The Morgan fingerprint density at radius 2 is 1.90 bits per heavy atom. The molecule has 0 unspecified atom stereocenters. The first-order chi connectivity index (χ1) is 10.2. The van der Waals surface area contributed by atoms with Gasteiger partial charge in [-0.15, -0.1) is 0 Å². The van der Waals surface area contributed by atoms with Crippen molar-refractivity contribution in [1.29, 1.82) is 0 Å². The minimum atomic E-state index is 0.317. The molecule has 1 heterocycles. The summed E-state index contributed by atoms with van der Waals surface area (Å²) in [6, 6.07) is 1.94. The van der Waals surface area contributed by atoms with Crippen LogP contribution >= 0.6 is 0 Å². The molecule has 0 saturated heterocycles. The highest BCUT2D eigenvalue weighted by molar-refractivity contribution is 5.47. The molecule has 1 fully saturated rings. The monoisotopic (exact) mass is 292 g/mol. The Kier molecular flexibility index (Phi) is 6.23. The predicted octanol–water partition coefficient (Wildman–Crippen LogP) is 3.40. The number of hydrogen-bond acceptors (Lipinski definition) is 5. The highest BCUT2D eigenvalue weighted by Crippen LogP contribution is 2.20. The molecule has 0 atom stereocenters. The number of rotatable bonds is 7. The van der Waals surface area contributed by atoms with Gasteiger partial charge in [0.15, 0.2) is 0 Å². The molecule has 5 nitrogen and oxygen atoms in total. The van der Waals surface area contributed by atoms with Crippen LogP contribution in [0.5, 0.6) is 0 Å². The number of nitrogens with zero attached hydrogens (tertiary/aromatic N) is 2. The van der Waals surface area contributed by atoms with Gasteiger partial charge in [0, 0.05) is 25.6 Å². The summed E-state index contributed by atoms with van der Waals surface area (Å²) in [6.07, 6.45) is 6.89. The van der Waals surface area contributed by atoms with Gasteiger partial charge in [-0.2, -0.15) is 0 Å². The van der Waals surface area contributed by atoms with E-state index in [2.05, 4.69) is 34.4 Å². The summed E-state index contributed by atoms with van der Waals surface area (Å²) in [5, 5.41) is 6.42. The lowest BCUT2D eigenvalue weighted by Crippen LogP contribution is -2.21. The van der Waals surface area contributed by atoms with E-state index in [9.17, 15) is 0 Å². The third-order valence-corrected chi connectivity index (χ3v) is 3.83. The lowest BCUT2D eigenvalue weighted by Gasteiger charge is -2.22. The van der Waals surface area contributed by atoms with Gasteiger partial charge in [-0.25, -0.2) is 9.97 Å². The van der Waals surface area contributed by atoms with Gasteiger partial charge in [-0.1, -0.05) is 33.1 Å². The van der Waals surface area contributed by atoms with Crippen molar-refractivity contribution in [3.63, 3.8) is 0 Å². The Labute approximate surface area is 127 Å². The third kappa shape index (κ3) is 5.16. The Morgan fingerprint density at radius 3 is 2.57 bits per heavy atom. The van der Waals surface area contributed by atoms with Crippen molar-refractivity contribution in [1.82, 2.24) is 9.97 Å². The van der Waals surface area contributed by atoms with Crippen LogP contribution in [0, 0.1) is 0 Å². The largest absolute Gasteiger partial charge is 0.376 e. The summed E-state index contributed by atoms with van der Waals surface area (Å²) in [6.45, 7) is 5.73. The molecular formula is C16H28N4O. The van der Waals surface area contributed by atoms with Crippen LogP contribution in [-0.2, 0) is 4.74 Å². The molecule has 0 radical (unpaired) electrons. The maximum absolute atomic E-state index is 5.92. The van der Waals surface area contributed by atoms with Crippen LogP contribution in [0.25, 0.3) is 0 Å². The lowest BCUT2D eigenvalue weighted by atomic mass is 9.98. The minimum absolute atomic E-state index is 0.317. The second kappa shape index (κ2) is 8.17. The molecule has 21 heavy (non-hydrogen) atoms. The van der Waals surface area contributed by atoms with Crippen molar-refractivity contribution in [2.24, 2.45) is 0 Å². The number of anilines is 2. The molecular weight excluding hydrogens is 264 g/mol. The molecule has 118 valence electrons. The SMILES string of the molecule is CNc1cc(NCCOC2CCCCC2)nc(C(C)C)n1. The number of nitrogens with one attached hydrogen (secondary N) is 2. The van der Waals surface area contributed by atoms with Crippen molar-refractivity contribution in [3.05, 3.63) is 11.9 Å². The quantitative estimate of drug-likeness (QED) is 0.754. The van der Waals surface area contributed by atoms with Crippen LogP contribution in [-0.4, -0.2) is 36.3 Å². The Balaban J connectivity index is 1.80. The molecule has 2 N–H and O–H groups in total. The van der Waals surface area contributed by atoms with Crippen LogP contribution in [0.2, 0.25) is 0 Å². The standard InChI is InChI=1S/C16H28N4O/c1-12(2)16-19-14(17-3)11-15(20-16)18-9-10-21-13-7-5-4-6-8-13/h11-13H,4-10H2,1-3H3,(H2,17,18,19,20). The molecule has 1 saturated carbocycles. The molecule has 1 aromatic heterocycles. The van der Waals surface area contributed by atoms with Gasteiger partial charge in [0.2, 0.25) is 0 Å². The van der Waals surface area contributed by atoms with E-state index in [4.69, 9.17) is 4.74 Å². The first kappa shape index (κ1) is 16.0. The molecule has 2 rings (SSSR count). The number of hydrogen-bond donors (Lipinski definition) is 2. The van der Waals surface area contributed by atoms with Crippen LogP contribution in [0.15, 0.2) is 6.07 Å². The smallest absolute Gasteiger partial charge is 0.135 e. The zero-order chi connectivity index (χ0) is 15.1. The lowest BCUT2D eigenvalue weighted by molar-refractivity contribution is 0.0347. The Hall–Kier alpha value is -1.36. The van der Waals surface area contributed by atoms with Crippen molar-refractivity contribution in [3.8, 4) is 0 Å². The van der Waals surface area contributed by atoms with E-state index < -0.39 is 0 Å². The third-order valence-electron chi connectivity index (χ3n) is 3.83. The van der Waals surface area contributed by atoms with E-state index >= 15 is 0 Å². The van der Waals surface area contributed by atoms with E-state index in [1.807, 2.05) is 13.1 Å². The van der Waals surface area contributed by atoms with Gasteiger partial charge in [0.1, 0.15) is 17.5 Å². The van der Waals surface area contributed by atoms with E-state index in [0.29, 0.717) is 12.0 Å². The molecule has 0 aliphatic heterocycles. The summed E-state index contributed by atoms with van der Waals surface area (Å²) in [7, 11) is 1.88. The maximum Gasteiger partial charge on any atom is 0.135 e. The highest BCUT2D eigenvalue weighted by Gasteiger charge is 2.13. The van der Waals surface area contributed by atoms with E-state index in [0.717, 1.165) is 30.6 Å². The van der Waals surface area contributed by atoms with E-state index in [-0.39, 0.29) is 0 Å². The molecule has 0 bridgehead atoms. The number of ether oxygens (including phenoxy) is 1. The summed E-state index contributed by atoms with van der Waals surface area (Å²) < 4.78 is 5.92. The maximum atomic E-state index is 5.92. The first-order valence-corrected chi connectivity index (χ1v) is 8.11. The second-order valence-corrected chi connectivity index (χ2v) is 5.96. The molecule has 1 aromatic rings. The summed E-state index contributed by atoms with van der Waals surface area (Å²) in [4.78, 5) is 9.01. The van der Waals surface area contributed by atoms with Crippen LogP contribution in [0.1, 0.15) is 57.7 Å². The van der Waals surface area contributed by atoms with Gasteiger partial charge in [-0.3, -0.25) is 0 Å². The Bertz CT molecular complexity index is 430. The van der Waals surface area contributed by atoms with Crippen molar-refractivity contribution in [2.75, 3.05) is 30.8 Å². The average Bonchev–Trinajstić information content (AvgIpc) is 2.52. The summed E-state index contributed by atoms with van der Waals surface area (Å²) in [5.74, 6) is 2.89. The second-order valence-electron chi connectivity index (χ2n) is 5.96. The summed E-state index contributed by atoms with van der Waals surface area (Å²) in [5.41, 5.74) is 0. The average molecular weight is 292 g/mol. The van der Waals surface area contributed by atoms with Gasteiger partial charge in [-0.05, 0) is 12.8 Å². The molecule has 0 spiro atoms. The van der Waals surface area contributed by atoms with Crippen molar-refractivity contribution < 1.29 is 4.74 Å². The van der Waals surface area contributed by atoms with Crippen molar-refractivity contribution in [2.45, 2.75) is 58.0 Å². The fraction of sp³-hybridized carbons (Fsp3) is 0.750. The molecule has 0 aromatic carbocycles. The number of aromatic nitrogens is 2. The van der Waals surface area contributed by atoms with Gasteiger partial charge < -0.3 is 15.4 Å². The molecule has 1 aliphatic rings. The predicted molar refractivity (Wildman–Crippen MR) is 87.0 cm³/mol. The molecule has 0 amide bonds. The summed E-state index contributed by atoms with van der Waals surface area (Å²) >= 11 is 0. The zero-order valence-electron chi connectivity index (χ0n) is 13.5. The molecule has 1 aliphatic carbocycles. The van der Waals surface area contributed by atoms with Crippen LogP contribution < -0.4 is 10.6 Å². The highest BCUT2D eigenvalue weighted by atomic mass is 16.5. The van der Waals surface area contributed by atoms with E-state index in [1.54, 1.807) is 0 Å². The fourth-order valence-electron chi connectivity index (χ4n) is 2.58. The topological polar surface area (TPSA) is 59.1 Å². The minimum Gasteiger partial charge on any atom is -0.376 e. The van der Waals surface area contributed by atoms with Crippen LogP contribution in [0.3, 0.4) is 0 Å². The van der Waals surface area contributed by atoms with Gasteiger partial charge in [0.25, 0.3) is 0 Å². The first-order valence-electron chi connectivity index (χ1n) is 8.11. The Morgan fingerprint density at radius 1 is 1.19 bits per heavy atom. The van der Waals surface area contributed by atoms with Gasteiger partial charge in [0.05, 0.1) is 12.7 Å². The zero-order valence-corrected chi connectivity index (χ0v) is 13.5. The van der Waals surface area contributed by atoms with Gasteiger partial charge >= 0.3 is 0 Å². The van der Waals surface area contributed by atoms with Crippen molar-refractivity contribution >= 4 is 11.6 Å². The normalized spacial score (nSPS) is 16.2. The fourth-order valence-corrected chi connectivity index (χ4v) is 2.58. The van der Waals surface area contributed by atoms with E-state index in [1.165, 1.54) is 32.1 Å².